The van der Waals surface area contributed by atoms with E-state index in [-0.39, 0.29) is 16.9 Å². The maximum absolute atomic E-state index is 12.1. The first-order valence-electron chi connectivity index (χ1n) is 6.11. The average molecular weight is 277 g/mol. The number of hydrogen-bond acceptors (Lipinski definition) is 3. The molecule has 2 rings (SSSR count). The van der Waals surface area contributed by atoms with E-state index in [4.69, 9.17) is 12.2 Å². The van der Waals surface area contributed by atoms with Crippen molar-refractivity contribution in [3.8, 4) is 0 Å². The molecular weight excluding hydrogens is 262 g/mol. The van der Waals surface area contributed by atoms with Crippen molar-refractivity contribution in [3.63, 3.8) is 0 Å². The Kier molecular flexibility index (Phi) is 3.90. The Labute approximate surface area is 117 Å². The van der Waals surface area contributed by atoms with Crippen LogP contribution in [0.25, 0.3) is 0 Å². The summed E-state index contributed by atoms with van der Waals surface area (Å²) in [5, 5.41) is 2.64. The van der Waals surface area contributed by atoms with Crippen LogP contribution in [0.5, 0.6) is 0 Å². The van der Waals surface area contributed by atoms with Gasteiger partial charge in [-0.3, -0.25) is 9.59 Å². The third-order valence-corrected chi connectivity index (χ3v) is 3.18. The van der Waals surface area contributed by atoms with Gasteiger partial charge in [-0.1, -0.05) is 19.1 Å². The number of nitrogens with one attached hydrogen (secondary N) is 1. The molecule has 1 aliphatic heterocycles. The molecular formula is C13H15N3O2S. The predicted molar refractivity (Wildman–Crippen MR) is 76.8 cm³/mol. The molecule has 1 atom stereocenters. The number of thiocarbonyl (C=S) groups is 1. The van der Waals surface area contributed by atoms with Crippen LogP contribution in [0.3, 0.4) is 0 Å². The molecule has 0 aromatic heterocycles. The van der Waals surface area contributed by atoms with Gasteiger partial charge in [-0.2, -0.15) is 0 Å². The minimum Gasteiger partial charge on any atom is -0.342 e. The molecule has 1 aliphatic carbocycles. The van der Waals surface area contributed by atoms with E-state index >= 15 is 0 Å². The second-order valence-corrected chi connectivity index (χ2v) is 4.88. The lowest BCUT2D eigenvalue weighted by Crippen LogP contribution is -2.42. The SMILES string of the molecule is CCCN(C)C(=O)C1=CC2=NC(=S)NC(=O)C2C=C1. The van der Waals surface area contributed by atoms with Gasteiger partial charge in [-0.05, 0) is 24.7 Å². The highest BCUT2D eigenvalue weighted by atomic mass is 32.1. The Morgan fingerprint density at radius 1 is 1.58 bits per heavy atom. The lowest BCUT2D eigenvalue weighted by Gasteiger charge is -2.23. The number of aliphatic imine (C=N–C) groups is 1. The highest BCUT2D eigenvalue weighted by Gasteiger charge is 2.29. The number of allylic oxidation sites excluding steroid dienone is 1. The van der Waals surface area contributed by atoms with Crippen molar-refractivity contribution in [1.29, 1.82) is 0 Å². The van der Waals surface area contributed by atoms with Crippen LogP contribution in [0, 0.1) is 5.92 Å². The van der Waals surface area contributed by atoms with Crippen molar-refractivity contribution in [2.24, 2.45) is 10.9 Å². The Hall–Kier alpha value is -1.82. The summed E-state index contributed by atoms with van der Waals surface area (Å²) >= 11 is 4.88. The van der Waals surface area contributed by atoms with Gasteiger partial charge in [-0.25, -0.2) is 4.99 Å². The minimum absolute atomic E-state index is 0.0730. The van der Waals surface area contributed by atoms with E-state index in [0.717, 1.165) is 6.42 Å². The van der Waals surface area contributed by atoms with Gasteiger partial charge >= 0.3 is 0 Å². The van der Waals surface area contributed by atoms with Crippen LogP contribution in [-0.4, -0.2) is 41.1 Å². The molecule has 0 saturated heterocycles. The lowest BCUT2D eigenvalue weighted by molar-refractivity contribution is -0.125. The van der Waals surface area contributed by atoms with Crippen LogP contribution in [0.4, 0.5) is 0 Å². The molecule has 0 spiro atoms. The number of carbonyl (C=O) groups excluding carboxylic acids is 2. The fourth-order valence-corrected chi connectivity index (χ4v) is 2.24. The highest BCUT2D eigenvalue weighted by Crippen LogP contribution is 2.19. The first kappa shape index (κ1) is 13.6. The van der Waals surface area contributed by atoms with Crippen LogP contribution < -0.4 is 5.32 Å². The Balaban J connectivity index is 2.24. The first-order chi connectivity index (χ1) is 9.02. The zero-order chi connectivity index (χ0) is 14.0. The van der Waals surface area contributed by atoms with E-state index in [0.29, 0.717) is 17.8 Å². The Morgan fingerprint density at radius 3 is 3.00 bits per heavy atom. The minimum atomic E-state index is -0.445. The second kappa shape index (κ2) is 5.44. The quantitative estimate of drug-likeness (QED) is 0.777. The van der Waals surface area contributed by atoms with Gasteiger partial charge in [0, 0.05) is 19.2 Å². The summed E-state index contributed by atoms with van der Waals surface area (Å²) in [6.45, 7) is 2.71. The summed E-state index contributed by atoms with van der Waals surface area (Å²) in [7, 11) is 1.76. The summed E-state index contributed by atoms with van der Waals surface area (Å²) < 4.78 is 0. The number of amides is 2. The maximum atomic E-state index is 12.1. The zero-order valence-corrected chi connectivity index (χ0v) is 11.7. The molecule has 1 unspecified atom stereocenters. The number of carbonyl (C=O) groups is 2. The van der Waals surface area contributed by atoms with Crippen LogP contribution in [0.2, 0.25) is 0 Å². The largest absolute Gasteiger partial charge is 0.342 e. The molecule has 100 valence electrons. The van der Waals surface area contributed by atoms with Crippen molar-refractivity contribution >= 4 is 34.9 Å². The van der Waals surface area contributed by atoms with E-state index in [1.807, 2.05) is 6.92 Å². The standard InChI is InChI=1S/C13H15N3O2S/c1-3-6-16(2)12(18)8-4-5-9-10(7-8)14-13(19)15-11(9)17/h4-5,7,9H,3,6H2,1-2H3,(H,15,17,19). The second-order valence-electron chi connectivity index (χ2n) is 4.49. The average Bonchev–Trinajstić information content (AvgIpc) is 2.37. The van der Waals surface area contributed by atoms with Crippen LogP contribution in [-0.2, 0) is 9.59 Å². The normalized spacial score (nSPS) is 21.3. The van der Waals surface area contributed by atoms with Crippen LogP contribution >= 0.6 is 12.2 Å². The smallest absolute Gasteiger partial charge is 0.253 e. The molecule has 0 bridgehead atoms. The molecule has 0 aromatic rings. The van der Waals surface area contributed by atoms with Crippen LogP contribution in [0.15, 0.2) is 28.8 Å². The Morgan fingerprint density at radius 2 is 2.32 bits per heavy atom. The van der Waals surface area contributed by atoms with Crippen LogP contribution in [0.1, 0.15) is 13.3 Å². The summed E-state index contributed by atoms with van der Waals surface area (Å²) in [5.74, 6) is -0.716. The topological polar surface area (TPSA) is 61.8 Å². The summed E-state index contributed by atoms with van der Waals surface area (Å²) in [4.78, 5) is 29.6. The Bertz CT molecular complexity index is 534. The molecule has 1 heterocycles. The van der Waals surface area contributed by atoms with E-state index in [1.165, 1.54) is 0 Å². The molecule has 2 amide bonds. The van der Waals surface area contributed by atoms with Gasteiger partial charge in [0.2, 0.25) is 5.91 Å². The highest BCUT2D eigenvalue weighted by molar-refractivity contribution is 7.80. The maximum Gasteiger partial charge on any atom is 0.253 e. The van der Waals surface area contributed by atoms with Gasteiger partial charge in [0.15, 0.2) is 5.11 Å². The van der Waals surface area contributed by atoms with Crippen molar-refractivity contribution in [1.82, 2.24) is 10.2 Å². The molecule has 0 aromatic carbocycles. The van der Waals surface area contributed by atoms with Crippen molar-refractivity contribution < 1.29 is 9.59 Å². The predicted octanol–water partition coefficient (Wildman–Crippen LogP) is 0.823. The monoisotopic (exact) mass is 277 g/mol. The first-order valence-corrected chi connectivity index (χ1v) is 6.52. The lowest BCUT2D eigenvalue weighted by atomic mass is 9.92. The molecule has 0 saturated carbocycles. The fraction of sp³-hybridized carbons (Fsp3) is 0.385. The fourth-order valence-electron chi connectivity index (χ4n) is 2.04. The van der Waals surface area contributed by atoms with Gasteiger partial charge in [0.1, 0.15) is 0 Å². The third kappa shape index (κ3) is 2.78. The van der Waals surface area contributed by atoms with E-state index < -0.39 is 5.92 Å². The zero-order valence-electron chi connectivity index (χ0n) is 10.8. The number of nitrogens with zero attached hydrogens (tertiary/aromatic N) is 2. The molecule has 5 nitrogen and oxygen atoms in total. The number of fused-ring (bicyclic) bond motifs is 1. The molecule has 1 N–H and O–H groups in total. The van der Waals surface area contributed by atoms with Crippen molar-refractivity contribution in [3.05, 3.63) is 23.8 Å². The van der Waals surface area contributed by atoms with Crippen molar-refractivity contribution in [2.75, 3.05) is 13.6 Å². The summed E-state index contributed by atoms with van der Waals surface area (Å²) in [6, 6.07) is 0. The van der Waals surface area contributed by atoms with E-state index in [1.54, 1.807) is 30.2 Å². The summed E-state index contributed by atoms with van der Waals surface area (Å²) in [6.07, 6.45) is 5.90. The molecule has 6 heteroatoms. The van der Waals surface area contributed by atoms with E-state index in [9.17, 15) is 9.59 Å². The van der Waals surface area contributed by atoms with Gasteiger partial charge in [0.25, 0.3) is 5.91 Å². The molecule has 0 fully saturated rings. The van der Waals surface area contributed by atoms with Gasteiger partial charge in [-0.15, -0.1) is 0 Å². The van der Waals surface area contributed by atoms with E-state index in [2.05, 4.69) is 10.3 Å². The van der Waals surface area contributed by atoms with Gasteiger partial charge < -0.3 is 10.2 Å². The molecule has 2 aliphatic rings. The van der Waals surface area contributed by atoms with Gasteiger partial charge in [0.05, 0.1) is 11.6 Å². The van der Waals surface area contributed by atoms with Crippen molar-refractivity contribution in [2.45, 2.75) is 13.3 Å². The number of hydrogen-bond donors (Lipinski definition) is 1. The summed E-state index contributed by atoms with van der Waals surface area (Å²) in [5.41, 5.74) is 1.06. The molecule has 19 heavy (non-hydrogen) atoms. The number of rotatable bonds is 3. The third-order valence-electron chi connectivity index (χ3n) is 2.99. The number of likely N-dealkylation sites (N-methyl/N-ethyl adjacent to an activating group) is 1. The molecule has 0 radical (unpaired) electrons.